The van der Waals surface area contributed by atoms with Crippen LogP contribution in [0.4, 0.5) is 16.0 Å². The van der Waals surface area contributed by atoms with E-state index in [9.17, 15) is 9.18 Å². The number of aryl methyl sites for hydroxylation is 1. The van der Waals surface area contributed by atoms with Crippen LogP contribution in [0.3, 0.4) is 0 Å². The fourth-order valence-corrected chi connectivity index (χ4v) is 1.59. The van der Waals surface area contributed by atoms with E-state index >= 15 is 0 Å². The topological polar surface area (TPSA) is 90.1 Å². The third-order valence-electron chi connectivity index (χ3n) is 2.50. The van der Waals surface area contributed by atoms with Gasteiger partial charge in [-0.1, -0.05) is 0 Å². The van der Waals surface area contributed by atoms with Gasteiger partial charge in [0, 0.05) is 17.4 Å². The first-order valence-corrected chi connectivity index (χ1v) is 5.75. The Hall–Kier alpha value is -2.70. The molecule has 1 heterocycles. The number of anilines is 2. The molecule has 20 heavy (non-hydrogen) atoms. The van der Waals surface area contributed by atoms with Crippen LogP contribution in [0.1, 0.15) is 16.1 Å². The molecule has 0 atom stereocenters. The predicted octanol–water partition coefficient (Wildman–Crippen LogP) is 1.77. The van der Waals surface area contributed by atoms with E-state index in [1.165, 1.54) is 19.2 Å². The third-order valence-corrected chi connectivity index (χ3v) is 2.50. The minimum absolute atomic E-state index is 0.0358. The highest BCUT2D eigenvalue weighted by Crippen LogP contribution is 2.15. The first kappa shape index (κ1) is 13.7. The Labute approximate surface area is 114 Å². The lowest BCUT2D eigenvalue weighted by Gasteiger charge is -2.07. The zero-order valence-electron chi connectivity index (χ0n) is 11.0. The van der Waals surface area contributed by atoms with Crippen molar-refractivity contribution in [3.63, 3.8) is 0 Å². The first-order chi connectivity index (χ1) is 9.49. The van der Waals surface area contributed by atoms with Gasteiger partial charge >= 0.3 is 0 Å². The number of nitrogens with two attached hydrogens (primary N) is 1. The number of methoxy groups -OCH3 is 1. The number of nitrogens with zero attached hydrogens (tertiary/aromatic N) is 2. The van der Waals surface area contributed by atoms with Crippen molar-refractivity contribution in [3.05, 3.63) is 41.3 Å². The van der Waals surface area contributed by atoms with Crippen molar-refractivity contribution in [2.45, 2.75) is 6.92 Å². The molecule has 2 rings (SSSR count). The summed E-state index contributed by atoms with van der Waals surface area (Å²) in [5.74, 6) is -1.01. The van der Waals surface area contributed by atoms with Crippen molar-refractivity contribution in [2.24, 2.45) is 0 Å². The van der Waals surface area contributed by atoms with Gasteiger partial charge in [0.2, 0.25) is 11.8 Å². The van der Waals surface area contributed by atoms with Gasteiger partial charge in [0.05, 0.1) is 12.7 Å². The van der Waals surface area contributed by atoms with Crippen molar-refractivity contribution >= 4 is 17.5 Å². The quantitative estimate of drug-likeness (QED) is 0.834. The van der Waals surface area contributed by atoms with E-state index in [0.29, 0.717) is 17.3 Å². The maximum Gasteiger partial charge on any atom is 0.261 e. The largest absolute Gasteiger partial charge is 0.481 e. The summed E-state index contributed by atoms with van der Waals surface area (Å²) >= 11 is 0. The number of nitrogen functional groups attached to an aromatic ring is 1. The lowest BCUT2D eigenvalue weighted by Crippen LogP contribution is -2.16. The highest BCUT2D eigenvalue weighted by atomic mass is 19.1. The molecular weight excluding hydrogens is 263 g/mol. The van der Waals surface area contributed by atoms with Crippen molar-refractivity contribution in [2.75, 3.05) is 18.2 Å². The molecule has 0 aliphatic heterocycles. The van der Waals surface area contributed by atoms with Crippen molar-refractivity contribution < 1.29 is 13.9 Å². The van der Waals surface area contributed by atoms with Crippen LogP contribution in [0, 0.1) is 12.7 Å². The highest BCUT2D eigenvalue weighted by Gasteiger charge is 2.14. The van der Waals surface area contributed by atoms with Crippen LogP contribution in [0.5, 0.6) is 5.88 Å². The molecule has 0 fully saturated rings. The maximum absolute atomic E-state index is 13.6. The molecule has 1 amide bonds. The Balaban J connectivity index is 2.27. The molecule has 0 unspecified atom stereocenters. The van der Waals surface area contributed by atoms with E-state index in [1.807, 2.05) is 0 Å². The molecule has 0 radical (unpaired) electrons. The molecule has 0 spiro atoms. The molecule has 0 saturated carbocycles. The van der Waals surface area contributed by atoms with Crippen LogP contribution in [-0.4, -0.2) is 23.0 Å². The Kier molecular flexibility index (Phi) is 3.79. The van der Waals surface area contributed by atoms with Gasteiger partial charge in [-0.15, -0.1) is 0 Å². The average Bonchev–Trinajstić information content (AvgIpc) is 2.40. The molecular formula is C13H13FN4O2. The van der Waals surface area contributed by atoms with E-state index in [0.717, 1.165) is 6.07 Å². The lowest BCUT2D eigenvalue weighted by molar-refractivity contribution is 0.102. The standard InChI is InChI=1S/C13H13FN4O2/c1-7-5-11(20-2)17-13(16-7)18-12(19)9-6-8(15)3-4-10(9)14/h3-6H,15H2,1-2H3,(H,16,17,18,19). The number of amides is 1. The number of carbonyl (C=O) groups excluding carboxylic acids is 1. The number of aromatic nitrogens is 2. The van der Waals surface area contributed by atoms with Crippen LogP contribution in [0.2, 0.25) is 0 Å². The Bertz CT molecular complexity index is 661. The number of halogens is 1. The first-order valence-electron chi connectivity index (χ1n) is 5.75. The number of hydrogen-bond acceptors (Lipinski definition) is 5. The van der Waals surface area contributed by atoms with E-state index in [1.54, 1.807) is 13.0 Å². The minimum atomic E-state index is -0.678. The number of nitrogens with one attached hydrogen (secondary N) is 1. The SMILES string of the molecule is COc1cc(C)nc(NC(=O)c2cc(N)ccc2F)n1. The third kappa shape index (κ3) is 3.00. The zero-order chi connectivity index (χ0) is 14.7. The second-order valence-electron chi connectivity index (χ2n) is 4.07. The molecule has 0 saturated heterocycles. The lowest BCUT2D eigenvalue weighted by atomic mass is 10.2. The fraction of sp³-hybridized carbons (Fsp3) is 0.154. The Morgan fingerprint density at radius 2 is 2.10 bits per heavy atom. The zero-order valence-corrected chi connectivity index (χ0v) is 11.0. The van der Waals surface area contributed by atoms with Crippen molar-refractivity contribution in [1.29, 1.82) is 0 Å². The number of carbonyl (C=O) groups is 1. The normalized spacial score (nSPS) is 10.2. The van der Waals surface area contributed by atoms with E-state index in [4.69, 9.17) is 10.5 Å². The Morgan fingerprint density at radius 3 is 2.80 bits per heavy atom. The van der Waals surface area contributed by atoms with Gasteiger partial charge < -0.3 is 10.5 Å². The number of benzene rings is 1. The molecule has 0 bridgehead atoms. The van der Waals surface area contributed by atoms with E-state index < -0.39 is 11.7 Å². The van der Waals surface area contributed by atoms with Crippen LogP contribution >= 0.6 is 0 Å². The molecule has 2 aromatic rings. The van der Waals surface area contributed by atoms with Gasteiger partial charge in [0.25, 0.3) is 5.91 Å². The van der Waals surface area contributed by atoms with Crippen molar-refractivity contribution in [3.8, 4) is 5.88 Å². The van der Waals surface area contributed by atoms with Crippen LogP contribution in [0.15, 0.2) is 24.3 Å². The second kappa shape index (κ2) is 5.52. The summed E-state index contributed by atoms with van der Waals surface area (Å²) in [4.78, 5) is 19.9. The predicted molar refractivity (Wildman–Crippen MR) is 72.1 cm³/mol. The number of ether oxygens (including phenoxy) is 1. The summed E-state index contributed by atoms with van der Waals surface area (Å²) in [6, 6.07) is 5.36. The summed E-state index contributed by atoms with van der Waals surface area (Å²) in [5.41, 5.74) is 6.26. The van der Waals surface area contributed by atoms with Crippen LogP contribution in [0.25, 0.3) is 0 Å². The minimum Gasteiger partial charge on any atom is -0.481 e. The van der Waals surface area contributed by atoms with Crippen LogP contribution < -0.4 is 15.8 Å². The van der Waals surface area contributed by atoms with Gasteiger partial charge in [0.15, 0.2) is 0 Å². The van der Waals surface area contributed by atoms with Gasteiger partial charge in [-0.05, 0) is 25.1 Å². The summed E-state index contributed by atoms with van der Waals surface area (Å²) in [5, 5.41) is 2.41. The maximum atomic E-state index is 13.6. The van der Waals surface area contributed by atoms with Gasteiger partial charge in [-0.25, -0.2) is 9.37 Å². The Morgan fingerprint density at radius 1 is 1.35 bits per heavy atom. The number of rotatable bonds is 3. The van der Waals surface area contributed by atoms with E-state index in [2.05, 4.69) is 15.3 Å². The second-order valence-corrected chi connectivity index (χ2v) is 4.07. The van der Waals surface area contributed by atoms with Crippen molar-refractivity contribution in [1.82, 2.24) is 9.97 Å². The molecule has 1 aromatic carbocycles. The van der Waals surface area contributed by atoms with Gasteiger partial charge in [0.1, 0.15) is 5.82 Å². The molecule has 6 nitrogen and oxygen atoms in total. The van der Waals surface area contributed by atoms with Crippen LogP contribution in [-0.2, 0) is 0 Å². The molecule has 104 valence electrons. The molecule has 3 N–H and O–H groups in total. The molecule has 0 aliphatic rings. The summed E-state index contributed by atoms with van der Waals surface area (Å²) in [7, 11) is 1.45. The fourth-order valence-electron chi connectivity index (χ4n) is 1.59. The highest BCUT2D eigenvalue weighted by molar-refractivity contribution is 6.04. The molecule has 0 aliphatic carbocycles. The van der Waals surface area contributed by atoms with Gasteiger partial charge in [-0.2, -0.15) is 4.98 Å². The summed E-state index contributed by atoms with van der Waals surface area (Å²) in [6.07, 6.45) is 0. The van der Waals surface area contributed by atoms with Gasteiger partial charge in [-0.3, -0.25) is 10.1 Å². The smallest absolute Gasteiger partial charge is 0.261 e. The summed E-state index contributed by atoms with van der Waals surface area (Å²) < 4.78 is 18.5. The average molecular weight is 276 g/mol. The number of hydrogen-bond donors (Lipinski definition) is 2. The van der Waals surface area contributed by atoms with E-state index in [-0.39, 0.29) is 11.5 Å². The molecule has 7 heteroatoms. The molecule has 1 aromatic heterocycles. The monoisotopic (exact) mass is 276 g/mol. The summed E-state index contributed by atoms with van der Waals surface area (Å²) in [6.45, 7) is 1.72.